The topological polar surface area (TPSA) is 29.1 Å². The first-order chi connectivity index (χ1) is 6.66. The van der Waals surface area contributed by atoms with E-state index in [2.05, 4.69) is 5.32 Å². The zero-order valence-electron chi connectivity index (χ0n) is 8.79. The van der Waals surface area contributed by atoms with E-state index >= 15 is 0 Å². The van der Waals surface area contributed by atoms with Crippen molar-refractivity contribution >= 4 is 5.78 Å². The Bertz CT molecular complexity index is 352. The largest absolute Gasteiger partial charge is 0.391 e. The lowest BCUT2D eigenvalue weighted by atomic mass is 10.0. The van der Waals surface area contributed by atoms with Crippen molar-refractivity contribution in [1.82, 2.24) is 5.32 Å². The van der Waals surface area contributed by atoms with E-state index in [9.17, 15) is 4.79 Å². The van der Waals surface area contributed by atoms with Crippen molar-refractivity contribution in [3.8, 4) is 0 Å². The molecule has 74 valence electrons. The first kappa shape index (κ1) is 10.5. The van der Waals surface area contributed by atoms with Crippen LogP contribution in [0.3, 0.4) is 0 Å². The molecule has 0 aromatic heterocycles. The van der Waals surface area contributed by atoms with Gasteiger partial charge in [0.25, 0.3) is 0 Å². The molecule has 0 aliphatic heterocycles. The molecule has 1 rings (SSSR count). The predicted octanol–water partition coefficient (Wildman–Crippen LogP) is 2.38. The minimum Gasteiger partial charge on any atom is -0.391 e. The van der Waals surface area contributed by atoms with E-state index in [1.807, 2.05) is 51.2 Å². The SMILES string of the molecule is CN/C(C)=C(/C)C(=O)c1ccccc1. The molecule has 1 aromatic rings. The summed E-state index contributed by atoms with van der Waals surface area (Å²) in [5.74, 6) is 0.0810. The number of allylic oxidation sites excluding steroid dienone is 2. The molecule has 0 amide bonds. The summed E-state index contributed by atoms with van der Waals surface area (Å²) in [4.78, 5) is 11.8. The van der Waals surface area contributed by atoms with Gasteiger partial charge in [0.15, 0.2) is 5.78 Å². The van der Waals surface area contributed by atoms with Crippen molar-refractivity contribution in [2.24, 2.45) is 0 Å². The second-order valence-electron chi connectivity index (χ2n) is 3.20. The lowest BCUT2D eigenvalue weighted by Gasteiger charge is -2.05. The Morgan fingerprint density at radius 1 is 1.14 bits per heavy atom. The van der Waals surface area contributed by atoms with Gasteiger partial charge >= 0.3 is 0 Å². The molecule has 1 aromatic carbocycles. The second kappa shape index (κ2) is 4.61. The number of ketones is 1. The molecule has 0 saturated heterocycles. The molecule has 2 nitrogen and oxygen atoms in total. The summed E-state index contributed by atoms with van der Waals surface area (Å²) in [6.07, 6.45) is 0. The number of carbonyl (C=O) groups excluding carboxylic acids is 1. The third-order valence-corrected chi connectivity index (χ3v) is 2.31. The van der Waals surface area contributed by atoms with Crippen LogP contribution >= 0.6 is 0 Å². The number of hydrogen-bond acceptors (Lipinski definition) is 2. The molecule has 0 aliphatic carbocycles. The van der Waals surface area contributed by atoms with Crippen LogP contribution in [-0.2, 0) is 0 Å². The Morgan fingerprint density at radius 2 is 1.71 bits per heavy atom. The van der Waals surface area contributed by atoms with Crippen LogP contribution in [0.25, 0.3) is 0 Å². The van der Waals surface area contributed by atoms with E-state index in [1.54, 1.807) is 0 Å². The Morgan fingerprint density at radius 3 is 2.21 bits per heavy atom. The molecule has 0 radical (unpaired) electrons. The Hall–Kier alpha value is -1.57. The van der Waals surface area contributed by atoms with Gasteiger partial charge in [-0.15, -0.1) is 0 Å². The Balaban J connectivity index is 2.98. The maximum absolute atomic E-state index is 11.8. The number of Topliss-reactive ketones (excluding diaryl/α,β-unsaturated/α-hetero) is 1. The van der Waals surface area contributed by atoms with Gasteiger partial charge in [-0.3, -0.25) is 4.79 Å². The summed E-state index contributed by atoms with van der Waals surface area (Å²) in [5, 5.41) is 2.97. The van der Waals surface area contributed by atoms with Gasteiger partial charge in [0, 0.05) is 23.9 Å². The number of rotatable bonds is 3. The van der Waals surface area contributed by atoms with Crippen LogP contribution in [0.5, 0.6) is 0 Å². The Kier molecular flexibility index (Phi) is 3.46. The number of hydrogen-bond donors (Lipinski definition) is 1. The Labute approximate surface area is 84.6 Å². The minimum absolute atomic E-state index is 0.0810. The van der Waals surface area contributed by atoms with Crippen molar-refractivity contribution in [2.75, 3.05) is 7.05 Å². The fourth-order valence-corrected chi connectivity index (χ4v) is 1.16. The van der Waals surface area contributed by atoms with Crippen LogP contribution in [0.2, 0.25) is 0 Å². The summed E-state index contributed by atoms with van der Waals surface area (Å²) in [7, 11) is 1.82. The lowest BCUT2D eigenvalue weighted by Crippen LogP contribution is -2.10. The fourth-order valence-electron chi connectivity index (χ4n) is 1.16. The standard InChI is InChI=1S/C12H15NO/c1-9(10(2)13-3)12(14)11-7-5-4-6-8-11/h4-8,13H,1-3H3/b10-9-. The molecule has 0 bridgehead atoms. The smallest absolute Gasteiger partial charge is 0.190 e. The third-order valence-electron chi connectivity index (χ3n) is 2.31. The molecule has 14 heavy (non-hydrogen) atoms. The highest BCUT2D eigenvalue weighted by Gasteiger charge is 2.08. The van der Waals surface area contributed by atoms with Crippen molar-refractivity contribution in [3.63, 3.8) is 0 Å². The average molecular weight is 189 g/mol. The number of nitrogens with one attached hydrogen (secondary N) is 1. The third kappa shape index (κ3) is 2.22. The van der Waals surface area contributed by atoms with E-state index in [0.29, 0.717) is 0 Å². The highest BCUT2D eigenvalue weighted by Crippen LogP contribution is 2.09. The molecular weight excluding hydrogens is 174 g/mol. The summed E-state index contributed by atoms with van der Waals surface area (Å²) in [6.45, 7) is 3.73. The first-order valence-electron chi connectivity index (χ1n) is 4.61. The summed E-state index contributed by atoms with van der Waals surface area (Å²) in [5.41, 5.74) is 2.41. The maximum atomic E-state index is 11.8. The zero-order chi connectivity index (χ0) is 10.6. The van der Waals surface area contributed by atoms with Gasteiger partial charge in [0.1, 0.15) is 0 Å². The van der Waals surface area contributed by atoms with Crippen LogP contribution in [0.1, 0.15) is 24.2 Å². The average Bonchev–Trinajstić information content (AvgIpc) is 2.27. The van der Waals surface area contributed by atoms with E-state index < -0.39 is 0 Å². The van der Waals surface area contributed by atoms with Crippen molar-refractivity contribution < 1.29 is 4.79 Å². The molecule has 0 saturated carbocycles. The highest BCUT2D eigenvalue weighted by atomic mass is 16.1. The van der Waals surface area contributed by atoms with Crippen LogP contribution < -0.4 is 5.32 Å². The summed E-state index contributed by atoms with van der Waals surface area (Å²) in [6, 6.07) is 9.30. The van der Waals surface area contributed by atoms with Crippen LogP contribution in [0.15, 0.2) is 41.6 Å². The molecule has 0 atom stereocenters. The zero-order valence-corrected chi connectivity index (χ0v) is 8.79. The van der Waals surface area contributed by atoms with E-state index in [1.165, 1.54) is 0 Å². The number of carbonyl (C=O) groups is 1. The molecule has 0 heterocycles. The first-order valence-corrected chi connectivity index (χ1v) is 4.61. The van der Waals surface area contributed by atoms with E-state index in [-0.39, 0.29) is 5.78 Å². The van der Waals surface area contributed by atoms with Crippen LogP contribution in [-0.4, -0.2) is 12.8 Å². The minimum atomic E-state index is 0.0810. The van der Waals surface area contributed by atoms with Gasteiger partial charge in [0.2, 0.25) is 0 Å². The van der Waals surface area contributed by atoms with Gasteiger partial charge in [-0.1, -0.05) is 30.3 Å². The normalized spacial score (nSPS) is 11.9. The molecule has 2 heteroatoms. The van der Waals surface area contributed by atoms with E-state index in [4.69, 9.17) is 0 Å². The number of benzene rings is 1. The maximum Gasteiger partial charge on any atom is 0.190 e. The molecule has 0 aliphatic rings. The molecule has 1 N–H and O–H groups in total. The second-order valence-corrected chi connectivity index (χ2v) is 3.20. The fraction of sp³-hybridized carbons (Fsp3) is 0.250. The van der Waals surface area contributed by atoms with Gasteiger partial charge in [-0.2, -0.15) is 0 Å². The van der Waals surface area contributed by atoms with Crippen LogP contribution in [0.4, 0.5) is 0 Å². The molecule has 0 fully saturated rings. The lowest BCUT2D eigenvalue weighted by molar-refractivity contribution is 0.103. The highest BCUT2D eigenvalue weighted by molar-refractivity contribution is 6.08. The molecule has 0 unspecified atom stereocenters. The van der Waals surface area contributed by atoms with Crippen molar-refractivity contribution in [1.29, 1.82) is 0 Å². The van der Waals surface area contributed by atoms with Gasteiger partial charge in [-0.25, -0.2) is 0 Å². The quantitative estimate of drug-likeness (QED) is 0.584. The summed E-state index contributed by atoms with van der Waals surface area (Å²) >= 11 is 0. The van der Waals surface area contributed by atoms with Gasteiger partial charge in [0.05, 0.1) is 0 Å². The van der Waals surface area contributed by atoms with Gasteiger partial charge in [-0.05, 0) is 13.8 Å². The van der Waals surface area contributed by atoms with Crippen molar-refractivity contribution in [3.05, 3.63) is 47.2 Å². The van der Waals surface area contributed by atoms with Crippen LogP contribution in [0, 0.1) is 0 Å². The van der Waals surface area contributed by atoms with Crippen molar-refractivity contribution in [2.45, 2.75) is 13.8 Å². The monoisotopic (exact) mass is 189 g/mol. The predicted molar refractivity (Wildman–Crippen MR) is 58.2 cm³/mol. The van der Waals surface area contributed by atoms with E-state index in [0.717, 1.165) is 16.8 Å². The summed E-state index contributed by atoms with van der Waals surface area (Å²) < 4.78 is 0. The molecule has 0 spiro atoms. The molecular formula is C12H15NO. The van der Waals surface area contributed by atoms with Gasteiger partial charge < -0.3 is 5.32 Å².